The predicted molar refractivity (Wildman–Crippen MR) is 115 cm³/mol. The molecule has 1 saturated heterocycles. The van der Waals surface area contributed by atoms with Crippen LogP contribution in [0.2, 0.25) is 0 Å². The average Bonchev–Trinajstić information content (AvgIpc) is 3.30. The quantitative estimate of drug-likeness (QED) is 0.452. The van der Waals surface area contributed by atoms with Gasteiger partial charge in [0.05, 0.1) is 34.7 Å². The van der Waals surface area contributed by atoms with Crippen LogP contribution in [0.1, 0.15) is 17.8 Å². The zero-order chi connectivity index (χ0) is 20.2. The first kappa shape index (κ1) is 17.1. The van der Waals surface area contributed by atoms with Gasteiger partial charge in [0.25, 0.3) is 0 Å². The van der Waals surface area contributed by atoms with Crippen molar-refractivity contribution in [2.75, 3.05) is 18.0 Å². The van der Waals surface area contributed by atoms with Crippen LogP contribution in [0.5, 0.6) is 0 Å². The van der Waals surface area contributed by atoms with Crippen molar-refractivity contribution in [3.63, 3.8) is 0 Å². The van der Waals surface area contributed by atoms with Gasteiger partial charge in [-0.2, -0.15) is 0 Å². The van der Waals surface area contributed by atoms with E-state index in [0.29, 0.717) is 11.9 Å². The molecule has 1 fully saturated rings. The first-order chi connectivity index (χ1) is 14.6. The summed E-state index contributed by atoms with van der Waals surface area (Å²) >= 11 is 0. The van der Waals surface area contributed by atoms with Crippen LogP contribution in [-0.2, 0) is 0 Å². The monoisotopic (exact) mass is 396 g/mol. The van der Waals surface area contributed by atoms with Crippen molar-refractivity contribution in [3.8, 4) is 11.3 Å². The molecule has 4 aromatic heterocycles. The second kappa shape index (κ2) is 6.38. The standard InChI is InChI=1S/C23H20N6O/c1-14-24-7-8-29(14)18-12-28(13-18)17-10-21-20(25-11-17)5-4-19(27-21)16-3-6-23-22(9-16)26-15(2)30-23/h3-11,18H,12-13H2,1-2H3. The molecule has 30 heavy (non-hydrogen) atoms. The Balaban J connectivity index is 1.30. The lowest BCUT2D eigenvalue weighted by atomic mass is 10.1. The molecule has 7 nitrogen and oxygen atoms in total. The van der Waals surface area contributed by atoms with Gasteiger partial charge in [-0.3, -0.25) is 4.98 Å². The fourth-order valence-electron chi connectivity index (χ4n) is 4.15. The predicted octanol–water partition coefficient (Wildman–Crippen LogP) is 4.31. The van der Waals surface area contributed by atoms with E-state index in [-0.39, 0.29) is 0 Å². The number of aryl methyl sites for hydroxylation is 2. The Hall–Kier alpha value is -3.74. The molecule has 0 unspecified atom stereocenters. The first-order valence-electron chi connectivity index (χ1n) is 10.0. The molecule has 0 bridgehead atoms. The summed E-state index contributed by atoms with van der Waals surface area (Å²) in [5.74, 6) is 1.73. The number of hydrogen-bond acceptors (Lipinski definition) is 6. The number of anilines is 1. The van der Waals surface area contributed by atoms with Gasteiger partial charge < -0.3 is 13.9 Å². The third-order valence-corrected chi connectivity index (χ3v) is 5.80. The highest BCUT2D eigenvalue weighted by Crippen LogP contribution is 2.30. The molecule has 0 amide bonds. The number of hydrogen-bond donors (Lipinski definition) is 0. The maximum Gasteiger partial charge on any atom is 0.192 e. The molecule has 1 aromatic carbocycles. The molecular weight excluding hydrogens is 376 g/mol. The van der Waals surface area contributed by atoms with E-state index in [1.165, 1.54) is 0 Å². The number of fused-ring (bicyclic) bond motifs is 2. The number of oxazole rings is 1. The minimum absolute atomic E-state index is 0.458. The normalized spacial score (nSPS) is 14.5. The molecule has 0 radical (unpaired) electrons. The van der Waals surface area contributed by atoms with Crippen LogP contribution in [0.25, 0.3) is 33.4 Å². The average molecular weight is 396 g/mol. The fourth-order valence-corrected chi connectivity index (χ4v) is 4.15. The number of pyridine rings is 2. The summed E-state index contributed by atoms with van der Waals surface area (Å²) in [4.78, 5) is 20.6. The lowest BCUT2D eigenvalue weighted by Crippen LogP contribution is -2.48. The zero-order valence-electron chi connectivity index (χ0n) is 16.8. The van der Waals surface area contributed by atoms with Crippen LogP contribution < -0.4 is 4.90 Å². The van der Waals surface area contributed by atoms with Gasteiger partial charge in [0.15, 0.2) is 11.5 Å². The van der Waals surface area contributed by atoms with E-state index in [1.807, 2.05) is 56.6 Å². The number of nitrogens with zero attached hydrogens (tertiary/aromatic N) is 6. The Labute approximate surface area is 173 Å². The maximum absolute atomic E-state index is 5.58. The van der Waals surface area contributed by atoms with Crippen molar-refractivity contribution >= 4 is 27.8 Å². The SMILES string of the molecule is Cc1nc2cc(-c3ccc4ncc(N5CC(n6ccnc6C)C5)cc4n3)ccc2o1. The molecule has 0 atom stereocenters. The second-order valence-electron chi connectivity index (χ2n) is 7.78. The third-order valence-electron chi connectivity index (χ3n) is 5.80. The summed E-state index contributed by atoms with van der Waals surface area (Å²) in [5, 5.41) is 0. The topological polar surface area (TPSA) is 72.9 Å². The summed E-state index contributed by atoms with van der Waals surface area (Å²) < 4.78 is 7.82. The fraction of sp³-hybridized carbons (Fsp3) is 0.217. The van der Waals surface area contributed by atoms with Crippen LogP contribution in [0.4, 0.5) is 5.69 Å². The van der Waals surface area contributed by atoms with Crippen LogP contribution in [0.15, 0.2) is 59.4 Å². The molecular formula is C23H20N6O. The molecule has 148 valence electrons. The van der Waals surface area contributed by atoms with Crippen molar-refractivity contribution < 1.29 is 4.42 Å². The molecule has 0 N–H and O–H groups in total. The van der Waals surface area contributed by atoms with Crippen molar-refractivity contribution in [1.29, 1.82) is 0 Å². The Kier molecular flexibility index (Phi) is 3.65. The van der Waals surface area contributed by atoms with E-state index in [9.17, 15) is 0 Å². The van der Waals surface area contributed by atoms with E-state index in [0.717, 1.165) is 58.0 Å². The Morgan fingerprint density at radius 1 is 0.933 bits per heavy atom. The third kappa shape index (κ3) is 2.74. The molecule has 6 rings (SSSR count). The Morgan fingerprint density at radius 3 is 2.67 bits per heavy atom. The van der Waals surface area contributed by atoms with Crippen LogP contribution in [-0.4, -0.2) is 37.6 Å². The second-order valence-corrected chi connectivity index (χ2v) is 7.78. The van der Waals surface area contributed by atoms with Crippen LogP contribution >= 0.6 is 0 Å². The molecule has 0 aliphatic carbocycles. The largest absolute Gasteiger partial charge is 0.441 e. The lowest BCUT2D eigenvalue weighted by Gasteiger charge is -2.41. The van der Waals surface area contributed by atoms with Crippen LogP contribution in [0.3, 0.4) is 0 Å². The smallest absolute Gasteiger partial charge is 0.192 e. The van der Waals surface area contributed by atoms with Gasteiger partial charge in [-0.15, -0.1) is 0 Å². The lowest BCUT2D eigenvalue weighted by molar-refractivity contribution is 0.393. The van der Waals surface area contributed by atoms with Gasteiger partial charge in [0.1, 0.15) is 11.3 Å². The van der Waals surface area contributed by atoms with Gasteiger partial charge >= 0.3 is 0 Å². The van der Waals surface area contributed by atoms with Crippen LogP contribution in [0, 0.1) is 13.8 Å². The first-order valence-corrected chi connectivity index (χ1v) is 10.0. The van der Waals surface area contributed by atoms with E-state index < -0.39 is 0 Å². The summed E-state index contributed by atoms with van der Waals surface area (Å²) in [5.41, 5.74) is 6.44. The summed E-state index contributed by atoms with van der Waals surface area (Å²) in [6, 6.07) is 12.6. The number of rotatable bonds is 3. The molecule has 7 heteroatoms. The number of benzene rings is 1. The molecule has 1 aliphatic heterocycles. The molecule has 0 saturated carbocycles. The number of aromatic nitrogens is 5. The maximum atomic E-state index is 5.58. The van der Waals surface area contributed by atoms with E-state index in [2.05, 4.69) is 36.7 Å². The van der Waals surface area contributed by atoms with Crippen molar-refractivity contribution in [1.82, 2.24) is 24.5 Å². The minimum atomic E-state index is 0.458. The highest BCUT2D eigenvalue weighted by atomic mass is 16.3. The van der Waals surface area contributed by atoms with E-state index in [4.69, 9.17) is 9.40 Å². The Morgan fingerprint density at radius 2 is 1.83 bits per heavy atom. The van der Waals surface area contributed by atoms with Crippen molar-refractivity contribution in [3.05, 3.63) is 66.7 Å². The van der Waals surface area contributed by atoms with Gasteiger partial charge in [0, 0.05) is 38.0 Å². The van der Waals surface area contributed by atoms with Crippen molar-refractivity contribution in [2.24, 2.45) is 0 Å². The highest BCUT2D eigenvalue weighted by molar-refractivity contribution is 5.84. The van der Waals surface area contributed by atoms with Crippen molar-refractivity contribution in [2.45, 2.75) is 19.9 Å². The molecule has 5 heterocycles. The van der Waals surface area contributed by atoms with Gasteiger partial charge in [-0.25, -0.2) is 15.0 Å². The zero-order valence-corrected chi connectivity index (χ0v) is 16.8. The van der Waals surface area contributed by atoms with Gasteiger partial charge in [0.2, 0.25) is 0 Å². The van der Waals surface area contributed by atoms with E-state index in [1.54, 1.807) is 0 Å². The number of imidazole rings is 1. The summed E-state index contributed by atoms with van der Waals surface area (Å²) in [6.45, 7) is 5.80. The molecule has 5 aromatic rings. The summed E-state index contributed by atoms with van der Waals surface area (Å²) in [6.07, 6.45) is 5.85. The molecule has 1 aliphatic rings. The summed E-state index contributed by atoms with van der Waals surface area (Å²) in [7, 11) is 0. The molecule has 0 spiro atoms. The van der Waals surface area contributed by atoms with Gasteiger partial charge in [-0.05, 0) is 43.3 Å². The van der Waals surface area contributed by atoms with E-state index >= 15 is 0 Å². The highest BCUT2D eigenvalue weighted by Gasteiger charge is 2.29. The minimum Gasteiger partial charge on any atom is -0.441 e. The van der Waals surface area contributed by atoms with Gasteiger partial charge in [-0.1, -0.05) is 0 Å². The Bertz CT molecular complexity index is 1400.